The van der Waals surface area contributed by atoms with Crippen molar-refractivity contribution in [2.45, 2.75) is 25.8 Å². The number of carbonyl (C=O) groups is 1. The van der Waals surface area contributed by atoms with E-state index in [-0.39, 0.29) is 12.3 Å². The fourth-order valence-electron chi connectivity index (χ4n) is 1.58. The minimum atomic E-state index is -0.556. The van der Waals surface area contributed by atoms with Gasteiger partial charge in [-0.15, -0.1) is 0 Å². The van der Waals surface area contributed by atoms with E-state index in [9.17, 15) is 9.18 Å². The number of aliphatic hydroxyl groups excluding tert-OH is 1. The molecule has 106 valence electrons. The molecular formula is C13H19FN2O3. The Bertz CT molecular complexity index is 450. The van der Waals surface area contributed by atoms with Crippen LogP contribution in [0.2, 0.25) is 0 Å². The highest BCUT2D eigenvalue weighted by Gasteiger charge is 2.20. The first-order valence-electron chi connectivity index (χ1n) is 5.91. The van der Waals surface area contributed by atoms with Gasteiger partial charge in [0.2, 0.25) is 0 Å². The molecule has 0 fully saturated rings. The Balaban J connectivity index is 2.74. The number of anilines is 1. The third kappa shape index (κ3) is 4.75. The largest absolute Gasteiger partial charge is 0.495 e. The van der Waals surface area contributed by atoms with Crippen LogP contribution in [0.3, 0.4) is 0 Å². The molecule has 0 aliphatic heterocycles. The first-order chi connectivity index (χ1) is 8.88. The Morgan fingerprint density at radius 1 is 1.47 bits per heavy atom. The molecule has 0 unspecified atom stereocenters. The molecule has 0 spiro atoms. The highest BCUT2D eigenvalue weighted by molar-refractivity contribution is 5.91. The lowest BCUT2D eigenvalue weighted by molar-refractivity contribution is 0.218. The van der Waals surface area contributed by atoms with Crippen molar-refractivity contribution in [1.29, 1.82) is 0 Å². The van der Waals surface area contributed by atoms with Gasteiger partial charge in [0.1, 0.15) is 11.6 Å². The molecule has 0 radical (unpaired) electrons. The number of amides is 2. The molecule has 0 saturated carbocycles. The lowest BCUT2D eigenvalue weighted by Crippen LogP contribution is -2.46. The summed E-state index contributed by atoms with van der Waals surface area (Å²) in [5.74, 6) is -0.0952. The molecule has 1 aromatic carbocycles. The van der Waals surface area contributed by atoms with Gasteiger partial charge in [-0.1, -0.05) is 0 Å². The van der Waals surface area contributed by atoms with E-state index in [1.54, 1.807) is 13.8 Å². The highest BCUT2D eigenvalue weighted by atomic mass is 19.1. The van der Waals surface area contributed by atoms with Crippen LogP contribution in [0.1, 0.15) is 20.3 Å². The van der Waals surface area contributed by atoms with Gasteiger partial charge >= 0.3 is 6.03 Å². The lowest BCUT2D eigenvalue weighted by Gasteiger charge is -2.25. The molecule has 1 rings (SSSR count). The van der Waals surface area contributed by atoms with Crippen molar-refractivity contribution >= 4 is 11.7 Å². The monoisotopic (exact) mass is 270 g/mol. The topological polar surface area (TPSA) is 70.6 Å². The van der Waals surface area contributed by atoms with Crippen LogP contribution < -0.4 is 15.4 Å². The number of carbonyl (C=O) groups excluding carboxylic acids is 1. The molecule has 0 bridgehead atoms. The second-order valence-electron chi connectivity index (χ2n) is 4.78. The molecule has 0 atom stereocenters. The molecule has 19 heavy (non-hydrogen) atoms. The number of nitrogens with one attached hydrogen (secondary N) is 2. The average molecular weight is 270 g/mol. The summed E-state index contributed by atoms with van der Waals surface area (Å²) in [5.41, 5.74) is -0.306. The van der Waals surface area contributed by atoms with Crippen LogP contribution in [0, 0.1) is 5.82 Å². The Hall–Kier alpha value is -1.82. The number of methoxy groups -OCH3 is 1. The van der Waals surface area contributed by atoms with Crippen LogP contribution in [0.5, 0.6) is 5.75 Å². The van der Waals surface area contributed by atoms with Crippen LogP contribution in [0.15, 0.2) is 18.2 Å². The smallest absolute Gasteiger partial charge is 0.319 e. The molecule has 3 N–H and O–H groups in total. The Kier molecular flexibility index (Phi) is 5.11. The van der Waals surface area contributed by atoms with Gasteiger partial charge < -0.3 is 20.5 Å². The van der Waals surface area contributed by atoms with Crippen molar-refractivity contribution in [3.05, 3.63) is 24.0 Å². The van der Waals surface area contributed by atoms with Gasteiger partial charge in [-0.25, -0.2) is 9.18 Å². The third-order valence-corrected chi connectivity index (χ3v) is 2.60. The maximum atomic E-state index is 13.1. The summed E-state index contributed by atoms with van der Waals surface area (Å²) in [6.07, 6.45) is 0.417. The highest BCUT2D eigenvalue weighted by Crippen LogP contribution is 2.24. The summed E-state index contributed by atoms with van der Waals surface area (Å²) in [6.45, 7) is 3.54. The summed E-state index contributed by atoms with van der Waals surface area (Å²) in [4.78, 5) is 11.8. The molecule has 2 amide bonds. The van der Waals surface area contributed by atoms with Gasteiger partial charge in [-0.3, -0.25) is 0 Å². The van der Waals surface area contributed by atoms with E-state index in [1.165, 1.54) is 25.3 Å². The number of rotatable bonds is 5. The van der Waals surface area contributed by atoms with Gasteiger partial charge in [-0.2, -0.15) is 0 Å². The number of halogens is 1. The van der Waals surface area contributed by atoms with E-state index in [1.807, 2.05) is 0 Å². The van der Waals surface area contributed by atoms with E-state index in [2.05, 4.69) is 10.6 Å². The molecule has 0 aliphatic carbocycles. The normalized spacial score (nSPS) is 11.0. The van der Waals surface area contributed by atoms with Crippen molar-refractivity contribution in [1.82, 2.24) is 5.32 Å². The second kappa shape index (κ2) is 6.38. The Labute approximate surface area is 111 Å². The van der Waals surface area contributed by atoms with Crippen LogP contribution >= 0.6 is 0 Å². The standard InChI is InChI=1S/C13H19FN2O3/c1-13(2,6-7-17)16-12(18)15-10-8-9(14)4-5-11(10)19-3/h4-5,8,17H,6-7H2,1-3H3,(H2,15,16,18). The van der Waals surface area contributed by atoms with Crippen molar-refractivity contribution in [3.8, 4) is 5.75 Å². The van der Waals surface area contributed by atoms with Crippen LogP contribution in [0.25, 0.3) is 0 Å². The SMILES string of the molecule is COc1ccc(F)cc1NC(=O)NC(C)(C)CCO. The van der Waals surface area contributed by atoms with Gasteiger partial charge in [0.05, 0.1) is 12.8 Å². The summed E-state index contributed by atoms with van der Waals surface area (Å²) in [6, 6.07) is 3.38. The van der Waals surface area contributed by atoms with E-state index in [0.717, 1.165) is 0 Å². The van der Waals surface area contributed by atoms with Gasteiger partial charge in [0, 0.05) is 18.2 Å². The van der Waals surface area contributed by atoms with E-state index < -0.39 is 17.4 Å². The van der Waals surface area contributed by atoms with Crippen molar-refractivity contribution in [3.63, 3.8) is 0 Å². The van der Waals surface area contributed by atoms with Crippen molar-refractivity contribution in [2.75, 3.05) is 19.0 Å². The number of urea groups is 1. The van der Waals surface area contributed by atoms with Crippen LogP contribution in [-0.2, 0) is 0 Å². The van der Waals surface area contributed by atoms with E-state index in [4.69, 9.17) is 9.84 Å². The zero-order chi connectivity index (χ0) is 14.5. The predicted molar refractivity (Wildman–Crippen MR) is 70.9 cm³/mol. The van der Waals surface area contributed by atoms with Crippen LogP contribution in [0.4, 0.5) is 14.9 Å². The van der Waals surface area contributed by atoms with Gasteiger partial charge in [0.25, 0.3) is 0 Å². The van der Waals surface area contributed by atoms with Gasteiger partial charge in [0.15, 0.2) is 0 Å². The summed E-state index contributed by atoms with van der Waals surface area (Å²) in [5, 5.41) is 14.1. The molecule has 0 saturated heterocycles. The van der Waals surface area contributed by atoms with E-state index in [0.29, 0.717) is 12.2 Å². The first-order valence-corrected chi connectivity index (χ1v) is 5.91. The average Bonchev–Trinajstić information content (AvgIpc) is 2.28. The first kappa shape index (κ1) is 15.2. The summed E-state index contributed by atoms with van der Waals surface area (Å²) < 4.78 is 18.2. The van der Waals surface area contributed by atoms with Crippen molar-refractivity contribution < 1.29 is 19.0 Å². The summed E-state index contributed by atoms with van der Waals surface area (Å²) >= 11 is 0. The van der Waals surface area contributed by atoms with E-state index >= 15 is 0 Å². The zero-order valence-corrected chi connectivity index (χ0v) is 11.3. The minimum absolute atomic E-state index is 0.0312. The number of hydrogen-bond donors (Lipinski definition) is 3. The Morgan fingerprint density at radius 3 is 2.74 bits per heavy atom. The fourth-order valence-corrected chi connectivity index (χ4v) is 1.58. The quantitative estimate of drug-likeness (QED) is 0.767. The molecule has 0 heterocycles. The fraction of sp³-hybridized carbons (Fsp3) is 0.462. The molecule has 5 nitrogen and oxygen atoms in total. The molecule has 0 aliphatic rings. The molecule has 1 aromatic rings. The minimum Gasteiger partial charge on any atom is -0.495 e. The molecular weight excluding hydrogens is 251 g/mol. The maximum absolute atomic E-state index is 13.1. The molecule has 6 heteroatoms. The maximum Gasteiger partial charge on any atom is 0.319 e. The second-order valence-corrected chi connectivity index (χ2v) is 4.78. The zero-order valence-electron chi connectivity index (χ0n) is 11.3. The Morgan fingerprint density at radius 2 is 2.16 bits per heavy atom. The number of hydrogen-bond acceptors (Lipinski definition) is 3. The third-order valence-electron chi connectivity index (χ3n) is 2.60. The van der Waals surface area contributed by atoms with Crippen LogP contribution in [-0.4, -0.2) is 30.4 Å². The number of benzene rings is 1. The molecule has 0 aromatic heterocycles. The van der Waals surface area contributed by atoms with Crippen molar-refractivity contribution in [2.24, 2.45) is 0 Å². The predicted octanol–water partition coefficient (Wildman–Crippen LogP) is 2.12. The number of ether oxygens (including phenoxy) is 1. The summed E-state index contributed by atoms with van der Waals surface area (Å²) in [7, 11) is 1.44. The number of aliphatic hydroxyl groups is 1. The van der Waals surface area contributed by atoms with Gasteiger partial charge in [-0.05, 0) is 32.4 Å². The lowest BCUT2D eigenvalue weighted by atomic mass is 10.0.